The Labute approximate surface area is 73.9 Å². The standard InChI is InChI=1S/C10H18O2/c1-10(11,8-4-5-8)9-3-2-6-12-7-9/h8-9,11H,2-7H2,1H3. The molecule has 1 saturated carbocycles. The fourth-order valence-corrected chi connectivity index (χ4v) is 2.20. The zero-order valence-corrected chi connectivity index (χ0v) is 7.75. The van der Waals surface area contributed by atoms with Gasteiger partial charge in [0, 0.05) is 12.5 Å². The van der Waals surface area contributed by atoms with E-state index in [9.17, 15) is 5.11 Å². The molecule has 70 valence electrons. The van der Waals surface area contributed by atoms with E-state index in [-0.39, 0.29) is 0 Å². The molecule has 1 saturated heterocycles. The Hall–Kier alpha value is -0.0800. The highest BCUT2D eigenvalue weighted by molar-refractivity contribution is 4.96. The van der Waals surface area contributed by atoms with Gasteiger partial charge in [-0.25, -0.2) is 0 Å². The fraction of sp³-hybridized carbons (Fsp3) is 1.00. The van der Waals surface area contributed by atoms with Crippen molar-refractivity contribution in [2.24, 2.45) is 11.8 Å². The number of hydrogen-bond donors (Lipinski definition) is 1. The minimum Gasteiger partial charge on any atom is -0.390 e. The Bertz CT molecular complexity index is 155. The monoisotopic (exact) mass is 170 g/mol. The van der Waals surface area contributed by atoms with Gasteiger partial charge in [-0.15, -0.1) is 0 Å². The fourth-order valence-electron chi connectivity index (χ4n) is 2.20. The number of aliphatic hydroxyl groups is 1. The number of hydrogen-bond acceptors (Lipinski definition) is 2. The van der Waals surface area contributed by atoms with Crippen molar-refractivity contribution in [3.8, 4) is 0 Å². The Balaban J connectivity index is 1.95. The first-order chi connectivity index (χ1) is 5.71. The van der Waals surface area contributed by atoms with Crippen molar-refractivity contribution in [3.05, 3.63) is 0 Å². The molecule has 0 spiro atoms. The molecule has 1 aliphatic heterocycles. The largest absolute Gasteiger partial charge is 0.390 e. The van der Waals surface area contributed by atoms with Gasteiger partial charge in [-0.2, -0.15) is 0 Å². The molecule has 0 radical (unpaired) electrons. The van der Waals surface area contributed by atoms with E-state index in [0.717, 1.165) is 26.1 Å². The van der Waals surface area contributed by atoms with Gasteiger partial charge < -0.3 is 9.84 Å². The van der Waals surface area contributed by atoms with Crippen molar-refractivity contribution < 1.29 is 9.84 Å². The van der Waals surface area contributed by atoms with E-state index in [2.05, 4.69) is 0 Å². The van der Waals surface area contributed by atoms with Crippen LogP contribution < -0.4 is 0 Å². The Kier molecular flexibility index (Phi) is 2.13. The lowest BCUT2D eigenvalue weighted by Crippen LogP contribution is -2.41. The summed E-state index contributed by atoms with van der Waals surface area (Å²) in [5, 5.41) is 10.2. The maximum atomic E-state index is 10.2. The Morgan fingerprint density at radius 1 is 1.25 bits per heavy atom. The lowest BCUT2D eigenvalue weighted by Gasteiger charge is -2.35. The molecule has 0 aromatic heterocycles. The maximum Gasteiger partial charge on any atom is 0.0697 e. The molecule has 2 nitrogen and oxygen atoms in total. The van der Waals surface area contributed by atoms with Crippen molar-refractivity contribution in [1.82, 2.24) is 0 Å². The normalized spacial score (nSPS) is 36.0. The average molecular weight is 170 g/mol. The van der Waals surface area contributed by atoms with E-state index in [1.54, 1.807) is 0 Å². The summed E-state index contributed by atoms with van der Waals surface area (Å²) in [6.07, 6.45) is 4.68. The molecule has 1 aliphatic carbocycles. The van der Waals surface area contributed by atoms with Crippen molar-refractivity contribution in [2.45, 2.75) is 38.2 Å². The molecule has 12 heavy (non-hydrogen) atoms. The first-order valence-corrected chi connectivity index (χ1v) is 5.01. The van der Waals surface area contributed by atoms with E-state index in [1.807, 2.05) is 6.92 Å². The summed E-state index contributed by atoms with van der Waals surface area (Å²) in [5.74, 6) is 0.947. The quantitative estimate of drug-likeness (QED) is 0.681. The zero-order valence-electron chi connectivity index (χ0n) is 7.75. The van der Waals surface area contributed by atoms with Gasteiger partial charge in [0.15, 0.2) is 0 Å². The van der Waals surface area contributed by atoms with Crippen LogP contribution in [-0.4, -0.2) is 23.9 Å². The lowest BCUT2D eigenvalue weighted by molar-refractivity contribution is -0.0807. The molecule has 0 bridgehead atoms. The van der Waals surface area contributed by atoms with Crippen molar-refractivity contribution >= 4 is 0 Å². The van der Waals surface area contributed by atoms with Gasteiger partial charge in [-0.1, -0.05) is 0 Å². The third-order valence-corrected chi connectivity index (χ3v) is 3.39. The summed E-state index contributed by atoms with van der Waals surface area (Å²) < 4.78 is 5.39. The van der Waals surface area contributed by atoms with Crippen LogP contribution in [0.1, 0.15) is 32.6 Å². The van der Waals surface area contributed by atoms with Crippen LogP contribution in [0.2, 0.25) is 0 Å². The van der Waals surface area contributed by atoms with Crippen LogP contribution >= 0.6 is 0 Å². The summed E-state index contributed by atoms with van der Waals surface area (Å²) in [4.78, 5) is 0. The molecular formula is C10H18O2. The third-order valence-electron chi connectivity index (χ3n) is 3.39. The van der Waals surface area contributed by atoms with Crippen molar-refractivity contribution in [3.63, 3.8) is 0 Å². The summed E-state index contributed by atoms with van der Waals surface area (Å²) in [5.41, 5.74) is -0.444. The van der Waals surface area contributed by atoms with E-state index in [0.29, 0.717) is 11.8 Å². The Morgan fingerprint density at radius 3 is 2.50 bits per heavy atom. The van der Waals surface area contributed by atoms with E-state index >= 15 is 0 Å². The highest BCUT2D eigenvalue weighted by Crippen LogP contribution is 2.45. The van der Waals surface area contributed by atoms with Crippen LogP contribution in [0.15, 0.2) is 0 Å². The minimum atomic E-state index is -0.444. The summed E-state index contributed by atoms with van der Waals surface area (Å²) in [7, 11) is 0. The molecule has 2 unspecified atom stereocenters. The Morgan fingerprint density at radius 2 is 2.00 bits per heavy atom. The molecule has 1 N–H and O–H groups in total. The van der Waals surface area contributed by atoms with Gasteiger partial charge in [-0.3, -0.25) is 0 Å². The maximum absolute atomic E-state index is 10.2. The predicted molar refractivity (Wildman–Crippen MR) is 46.9 cm³/mol. The second-order valence-corrected chi connectivity index (χ2v) is 4.41. The average Bonchev–Trinajstić information content (AvgIpc) is 2.88. The molecule has 0 aromatic rings. The van der Waals surface area contributed by atoms with Crippen molar-refractivity contribution in [1.29, 1.82) is 0 Å². The second kappa shape index (κ2) is 3.00. The second-order valence-electron chi connectivity index (χ2n) is 4.41. The van der Waals surface area contributed by atoms with E-state index < -0.39 is 5.60 Å². The third kappa shape index (κ3) is 1.50. The highest BCUT2D eigenvalue weighted by Gasteiger charge is 2.45. The van der Waals surface area contributed by atoms with E-state index in [1.165, 1.54) is 12.8 Å². The van der Waals surface area contributed by atoms with Crippen LogP contribution in [0.5, 0.6) is 0 Å². The van der Waals surface area contributed by atoms with Gasteiger partial charge in [0.05, 0.1) is 12.2 Å². The first kappa shape index (κ1) is 8.52. The predicted octanol–water partition coefficient (Wildman–Crippen LogP) is 1.57. The molecule has 2 rings (SSSR count). The molecule has 2 aliphatic rings. The minimum absolute atomic E-state index is 0.388. The number of ether oxygens (including phenoxy) is 1. The van der Waals surface area contributed by atoms with Crippen LogP contribution in [0.3, 0.4) is 0 Å². The molecule has 0 amide bonds. The van der Waals surface area contributed by atoms with Crippen LogP contribution in [0, 0.1) is 11.8 Å². The molecule has 2 atom stereocenters. The summed E-state index contributed by atoms with van der Waals surface area (Å²) in [6, 6.07) is 0. The SMILES string of the molecule is CC(O)(C1CC1)C1CCCOC1. The van der Waals surface area contributed by atoms with Gasteiger partial charge in [0.1, 0.15) is 0 Å². The van der Waals surface area contributed by atoms with Gasteiger partial charge >= 0.3 is 0 Å². The van der Waals surface area contributed by atoms with Crippen molar-refractivity contribution in [2.75, 3.05) is 13.2 Å². The lowest BCUT2D eigenvalue weighted by atomic mass is 9.81. The van der Waals surface area contributed by atoms with Crippen LogP contribution in [-0.2, 0) is 4.74 Å². The summed E-state index contributed by atoms with van der Waals surface area (Å²) >= 11 is 0. The van der Waals surface area contributed by atoms with Gasteiger partial charge in [0.2, 0.25) is 0 Å². The topological polar surface area (TPSA) is 29.5 Å². The van der Waals surface area contributed by atoms with Gasteiger partial charge in [-0.05, 0) is 38.5 Å². The molecule has 2 heteroatoms. The van der Waals surface area contributed by atoms with E-state index in [4.69, 9.17) is 4.74 Å². The molecule has 0 aromatic carbocycles. The zero-order chi connectivity index (χ0) is 8.60. The summed E-state index contributed by atoms with van der Waals surface area (Å²) in [6.45, 7) is 3.64. The molecule has 2 fully saturated rings. The molecule has 1 heterocycles. The molecular weight excluding hydrogens is 152 g/mol. The van der Waals surface area contributed by atoms with Crippen LogP contribution in [0.25, 0.3) is 0 Å². The van der Waals surface area contributed by atoms with Gasteiger partial charge in [0.25, 0.3) is 0 Å². The first-order valence-electron chi connectivity index (χ1n) is 5.01. The number of rotatable bonds is 2. The highest BCUT2D eigenvalue weighted by atomic mass is 16.5. The smallest absolute Gasteiger partial charge is 0.0697 e. The van der Waals surface area contributed by atoms with Crippen LogP contribution in [0.4, 0.5) is 0 Å².